The molecule has 0 radical (unpaired) electrons. The van der Waals surface area contributed by atoms with Gasteiger partial charge in [0, 0.05) is 44.4 Å². The van der Waals surface area contributed by atoms with Gasteiger partial charge in [0.2, 0.25) is 5.91 Å². The minimum Gasteiger partial charge on any atom is -0.481 e. The first-order chi connectivity index (χ1) is 12.8. The number of aromatic nitrogens is 2. The van der Waals surface area contributed by atoms with Gasteiger partial charge in [-0.15, -0.1) is 0 Å². The highest BCUT2D eigenvalue weighted by molar-refractivity contribution is 5.82. The fourth-order valence-corrected chi connectivity index (χ4v) is 3.08. The molecule has 2 N–H and O–H groups in total. The number of carboxylic acids is 1. The van der Waals surface area contributed by atoms with Gasteiger partial charge in [-0.3, -0.25) is 14.3 Å². The standard InChI is InChI=1S/C20H28N4O3/c1-14-18(15(2)24(4)22-14)13-23(3)12-17(20(26)27)10-19(25)21-11-16-8-6-5-7-9-16/h5-9,17H,10-13H2,1-4H3,(H,21,25)(H,26,27)/t17-/m1/s1. The predicted octanol–water partition coefficient (Wildman–Crippen LogP) is 1.88. The molecule has 0 aliphatic rings. The number of aliphatic carboxylic acids is 1. The molecule has 1 heterocycles. The maximum absolute atomic E-state index is 12.2. The van der Waals surface area contributed by atoms with Gasteiger partial charge in [0.05, 0.1) is 11.6 Å². The highest BCUT2D eigenvalue weighted by Gasteiger charge is 2.24. The van der Waals surface area contributed by atoms with Crippen LogP contribution in [-0.2, 0) is 29.7 Å². The minimum absolute atomic E-state index is 0.0441. The first kappa shape index (κ1) is 20.6. The van der Waals surface area contributed by atoms with E-state index in [0.717, 1.165) is 22.5 Å². The van der Waals surface area contributed by atoms with Crippen LogP contribution in [0.3, 0.4) is 0 Å². The number of hydrogen-bond donors (Lipinski definition) is 2. The number of nitrogens with one attached hydrogen (secondary N) is 1. The van der Waals surface area contributed by atoms with Crippen molar-refractivity contribution in [1.29, 1.82) is 0 Å². The number of amides is 1. The summed E-state index contributed by atoms with van der Waals surface area (Å²) < 4.78 is 1.82. The molecule has 0 unspecified atom stereocenters. The Bertz CT molecular complexity index is 786. The Balaban J connectivity index is 1.90. The largest absolute Gasteiger partial charge is 0.481 e. The molecule has 2 aromatic rings. The van der Waals surface area contributed by atoms with E-state index in [1.165, 1.54) is 0 Å². The van der Waals surface area contributed by atoms with Crippen molar-refractivity contribution in [1.82, 2.24) is 20.0 Å². The Morgan fingerprint density at radius 2 is 1.93 bits per heavy atom. The van der Waals surface area contributed by atoms with Crippen LogP contribution in [0, 0.1) is 19.8 Å². The number of nitrogens with zero attached hydrogens (tertiary/aromatic N) is 3. The summed E-state index contributed by atoms with van der Waals surface area (Å²) >= 11 is 0. The zero-order valence-electron chi connectivity index (χ0n) is 16.4. The molecule has 0 spiro atoms. The maximum Gasteiger partial charge on any atom is 0.308 e. The molecule has 1 amide bonds. The second kappa shape index (κ2) is 9.32. The lowest BCUT2D eigenvalue weighted by Gasteiger charge is -2.21. The third-order valence-electron chi connectivity index (χ3n) is 4.73. The third-order valence-corrected chi connectivity index (χ3v) is 4.73. The molecule has 0 bridgehead atoms. The van der Waals surface area contributed by atoms with E-state index in [-0.39, 0.29) is 12.3 Å². The number of carbonyl (C=O) groups excluding carboxylic acids is 1. The number of carboxylic acid groups (broad SMARTS) is 1. The molecule has 0 saturated heterocycles. The number of aryl methyl sites for hydroxylation is 2. The Labute approximate surface area is 160 Å². The molecule has 0 saturated carbocycles. The van der Waals surface area contributed by atoms with E-state index in [4.69, 9.17) is 0 Å². The molecule has 1 aromatic heterocycles. The first-order valence-corrected chi connectivity index (χ1v) is 8.99. The number of carbonyl (C=O) groups is 2. The van der Waals surface area contributed by atoms with E-state index in [1.54, 1.807) is 0 Å². The summed E-state index contributed by atoms with van der Waals surface area (Å²) in [5.41, 5.74) is 4.08. The van der Waals surface area contributed by atoms with Crippen LogP contribution in [0.25, 0.3) is 0 Å². The van der Waals surface area contributed by atoms with Gasteiger partial charge in [-0.05, 0) is 26.5 Å². The van der Waals surface area contributed by atoms with Crippen LogP contribution in [0.5, 0.6) is 0 Å². The quantitative estimate of drug-likeness (QED) is 0.702. The third kappa shape index (κ3) is 5.92. The van der Waals surface area contributed by atoms with E-state index in [2.05, 4.69) is 10.4 Å². The molecular weight excluding hydrogens is 344 g/mol. The van der Waals surface area contributed by atoms with E-state index in [1.807, 2.05) is 67.9 Å². The van der Waals surface area contributed by atoms with E-state index >= 15 is 0 Å². The summed E-state index contributed by atoms with van der Waals surface area (Å²) in [7, 11) is 3.76. The first-order valence-electron chi connectivity index (χ1n) is 8.99. The summed E-state index contributed by atoms with van der Waals surface area (Å²) in [5.74, 6) is -1.98. The zero-order valence-corrected chi connectivity index (χ0v) is 16.4. The molecule has 7 nitrogen and oxygen atoms in total. The number of hydrogen-bond acceptors (Lipinski definition) is 4. The smallest absolute Gasteiger partial charge is 0.308 e. The van der Waals surface area contributed by atoms with Crippen molar-refractivity contribution in [3.63, 3.8) is 0 Å². The SMILES string of the molecule is Cc1nn(C)c(C)c1CN(C)C[C@@H](CC(=O)NCc1ccccc1)C(=O)O. The van der Waals surface area contributed by atoms with Crippen molar-refractivity contribution < 1.29 is 14.7 Å². The molecule has 1 atom stereocenters. The molecule has 1 aromatic carbocycles. The number of benzene rings is 1. The summed E-state index contributed by atoms with van der Waals surface area (Å²) in [5, 5.41) is 16.7. The molecule has 2 rings (SSSR count). The lowest BCUT2D eigenvalue weighted by molar-refractivity contribution is -0.144. The van der Waals surface area contributed by atoms with Gasteiger partial charge in [-0.25, -0.2) is 0 Å². The highest BCUT2D eigenvalue weighted by atomic mass is 16.4. The van der Waals surface area contributed by atoms with Crippen LogP contribution in [-0.4, -0.2) is 45.3 Å². The maximum atomic E-state index is 12.2. The van der Waals surface area contributed by atoms with Gasteiger partial charge in [0.25, 0.3) is 0 Å². The topological polar surface area (TPSA) is 87.5 Å². The average molecular weight is 372 g/mol. The van der Waals surface area contributed by atoms with Gasteiger partial charge < -0.3 is 15.3 Å². The van der Waals surface area contributed by atoms with Crippen molar-refractivity contribution in [2.24, 2.45) is 13.0 Å². The van der Waals surface area contributed by atoms with Crippen LogP contribution < -0.4 is 5.32 Å². The van der Waals surface area contributed by atoms with Gasteiger partial charge in [-0.2, -0.15) is 5.10 Å². The zero-order chi connectivity index (χ0) is 20.0. The summed E-state index contributed by atoms with van der Waals surface area (Å²) in [6.45, 7) is 5.23. The Morgan fingerprint density at radius 3 is 2.48 bits per heavy atom. The van der Waals surface area contributed by atoms with Crippen molar-refractivity contribution in [3.8, 4) is 0 Å². The van der Waals surface area contributed by atoms with Crippen molar-refractivity contribution in [2.45, 2.75) is 33.4 Å². The molecule has 0 aliphatic carbocycles. The fourth-order valence-electron chi connectivity index (χ4n) is 3.08. The van der Waals surface area contributed by atoms with Crippen molar-refractivity contribution >= 4 is 11.9 Å². The molecule has 0 fully saturated rings. The van der Waals surface area contributed by atoms with Crippen LogP contribution in [0.2, 0.25) is 0 Å². The summed E-state index contributed by atoms with van der Waals surface area (Å²) in [6, 6.07) is 9.55. The predicted molar refractivity (Wildman–Crippen MR) is 103 cm³/mol. The van der Waals surface area contributed by atoms with Crippen molar-refractivity contribution in [3.05, 3.63) is 52.8 Å². The monoisotopic (exact) mass is 372 g/mol. The molecule has 146 valence electrons. The van der Waals surface area contributed by atoms with Gasteiger partial charge in [0.15, 0.2) is 0 Å². The number of rotatable bonds is 9. The fraction of sp³-hybridized carbons (Fsp3) is 0.450. The minimum atomic E-state index is -0.962. The van der Waals surface area contributed by atoms with Gasteiger partial charge in [-0.1, -0.05) is 30.3 Å². The van der Waals surface area contributed by atoms with Crippen LogP contribution >= 0.6 is 0 Å². The van der Waals surface area contributed by atoms with Crippen LogP contribution in [0.15, 0.2) is 30.3 Å². The highest BCUT2D eigenvalue weighted by Crippen LogP contribution is 2.16. The Kier molecular flexibility index (Phi) is 7.12. The normalized spacial score (nSPS) is 12.2. The Hall–Kier alpha value is -2.67. The van der Waals surface area contributed by atoms with Crippen LogP contribution in [0.1, 0.15) is 28.9 Å². The lowest BCUT2D eigenvalue weighted by Crippen LogP contribution is -2.35. The van der Waals surface area contributed by atoms with E-state index in [0.29, 0.717) is 19.6 Å². The second-order valence-electron chi connectivity index (χ2n) is 6.97. The molecule has 7 heteroatoms. The lowest BCUT2D eigenvalue weighted by atomic mass is 10.0. The van der Waals surface area contributed by atoms with E-state index in [9.17, 15) is 14.7 Å². The average Bonchev–Trinajstić information content (AvgIpc) is 2.86. The Morgan fingerprint density at radius 1 is 1.26 bits per heavy atom. The van der Waals surface area contributed by atoms with Crippen molar-refractivity contribution in [2.75, 3.05) is 13.6 Å². The summed E-state index contributed by atoms with van der Waals surface area (Å²) in [4.78, 5) is 25.7. The summed E-state index contributed by atoms with van der Waals surface area (Å²) in [6.07, 6.45) is -0.0441. The van der Waals surface area contributed by atoms with Crippen LogP contribution in [0.4, 0.5) is 0 Å². The molecule has 0 aliphatic heterocycles. The molecular formula is C20H28N4O3. The van der Waals surface area contributed by atoms with E-state index < -0.39 is 11.9 Å². The van der Waals surface area contributed by atoms with Gasteiger partial charge in [0.1, 0.15) is 0 Å². The van der Waals surface area contributed by atoms with Gasteiger partial charge >= 0.3 is 5.97 Å². The molecule has 27 heavy (non-hydrogen) atoms. The second-order valence-corrected chi connectivity index (χ2v) is 6.97.